The van der Waals surface area contributed by atoms with Gasteiger partial charge in [-0.2, -0.15) is 0 Å². The molecule has 4 heterocycles. The van der Waals surface area contributed by atoms with Gasteiger partial charge in [0.1, 0.15) is 17.7 Å². The van der Waals surface area contributed by atoms with E-state index in [0.717, 1.165) is 109 Å². The molecule has 1 saturated carbocycles. The van der Waals surface area contributed by atoms with Crippen LogP contribution in [0, 0.1) is 5.92 Å². The molecule has 58 heavy (non-hydrogen) atoms. The summed E-state index contributed by atoms with van der Waals surface area (Å²) < 4.78 is 4.74. The van der Waals surface area contributed by atoms with Crippen molar-refractivity contribution in [2.75, 3.05) is 33.3 Å². The van der Waals surface area contributed by atoms with Gasteiger partial charge in [-0.05, 0) is 85.9 Å². The molecule has 12 heteroatoms. The Morgan fingerprint density at radius 1 is 0.741 bits per heavy atom. The molecule has 5 aromatic rings. The molecule has 2 aliphatic heterocycles. The molecule has 3 N–H and O–H groups in total. The second-order valence-corrected chi connectivity index (χ2v) is 15.8. The number of amides is 3. The molecule has 0 spiro atoms. The number of nitrogens with one attached hydrogen (secondary N) is 3. The number of rotatable bonds is 12. The molecule has 0 radical (unpaired) electrons. The number of likely N-dealkylation sites (N-methyl/N-ethyl adjacent to an activating group) is 1. The van der Waals surface area contributed by atoms with Crippen LogP contribution in [-0.4, -0.2) is 91.9 Å². The lowest BCUT2D eigenvalue weighted by Gasteiger charge is -2.34. The highest BCUT2D eigenvalue weighted by atomic mass is 16.5. The average molecular weight is 783 g/mol. The Morgan fingerprint density at radius 2 is 1.28 bits per heavy atom. The van der Waals surface area contributed by atoms with Crippen molar-refractivity contribution in [2.45, 2.75) is 83.0 Å². The molecular formula is C46H54N8O4. The molecule has 1 aliphatic carbocycles. The fraction of sp³-hybridized carbons (Fsp3) is 0.413. The Labute approximate surface area is 340 Å². The van der Waals surface area contributed by atoms with Crippen LogP contribution in [0.4, 0.5) is 4.79 Å². The van der Waals surface area contributed by atoms with Crippen molar-refractivity contribution in [3.05, 3.63) is 108 Å². The van der Waals surface area contributed by atoms with Gasteiger partial charge in [0.2, 0.25) is 11.8 Å². The van der Waals surface area contributed by atoms with E-state index in [1.165, 1.54) is 7.11 Å². The van der Waals surface area contributed by atoms with Crippen LogP contribution in [0.1, 0.15) is 94.1 Å². The van der Waals surface area contributed by atoms with Gasteiger partial charge < -0.3 is 29.8 Å². The van der Waals surface area contributed by atoms with E-state index in [-0.39, 0.29) is 41.9 Å². The highest BCUT2D eigenvalue weighted by Crippen LogP contribution is 2.38. The zero-order valence-electron chi connectivity index (χ0n) is 33.7. The van der Waals surface area contributed by atoms with Gasteiger partial charge in [0, 0.05) is 25.0 Å². The lowest BCUT2D eigenvalue weighted by molar-refractivity contribution is -0.138. The van der Waals surface area contributed by atoms with Crippen LogP contribution in [-0.2, 0) is 14.3 Å². The molecule has 12 nitrogen and oxygen atoms in total. The third kappa shape index (κ3) is 8.02. The number of carbonyl (C=O) groups is 3. The number of alkyl carbamates (subject to hydrolysis) is 1. The number of H-pyrrole nitrogens is 2. The van der Waals surface area contributed by atoms with E-state index in [9.17, 15) is 14.4 Å². The van der Waals surface area contributed by atoms with Gasteiger partial charge in [-0.15, -0.1) is 0 Å². The minimum atomic E-state index is -0.447. The molecule has 2 saturated heterocycles. The van der Waals surface area contributed by atoms with Crippen molar-refractivity contribution >= 4 is 17.9 Å². The summed E-state index contributed by atoms with van der Waals surface area (Å²) in [6.07, 6.45) is 9.10. The molecule has 0 unspecified atom stereocenters. The Morgan fingerprint density at radius 3 is 1.83 bits per heavy atom. The first-order valence-corrected chi connectivity index (χ1v) is 20.9. The summed E-state index contributed by atoms with van der Waals surface area (Å²) >= 11 is 0. The maximum absolute atomic E-state index is 14.2. The van der Waals surface area contributed by atoms with Crippen LogP contribution >= 0.6 is 0 Å². The van der Waals surface area contributed by atoms with Crippen LogP contribution in [0.25, 0.3) is 33.6 Å². The van der Waals surface area contributed by atoms with Crippen molar-refractivity contribution in [3.8, 4) is 33.6 Å². The number of methoxy groups -OCH3 is 1. The molecule has 3 fully saturated rings. The second-order valence-electron chi connectivity index (χ2n) is 15.8. The van der Waals surface area contributed by atoms with E-state index in [4.69, 9.17) is 14.7 Å². The summed E-state index contributed by atoms with van der Waals surface area (Å²) in [5, 5.41) is 2.85. The Kier molecular flexibility index (Phi) is 11.7. The fourth-order valence-electron chi connectivity index (χ4n) is 9.31. The Bertz CT molecular complexity index is 2180. The van der Waals surface area contributed by atoms with Crippen LogP contribution in [0.5, 0.6) is 0 Å². The molecule has 8 rings (SSSR count). The second kappa shape index (κ2) is 17.4. The first-order chi connectivity index (χ1) is 28.3. The molecule has 3 aromatic carbocycles. The molecule has 2 aromatic heterocycles. The lowest BCUT2D eigenvalue weighted by atomic mass is 10.0. The Balaban J connectivity index is 0.906. The number of likely N-dealkylation sites (tertiary alicyclic amines) is 2. The third-order valence-corrected chi connectivity index (χ3v) is 12.4. The topological polar surface area (TPSA) is 140 Å². The summed E-state index contributed by atoms with van der Waals surface area (Å²) in [4.78, 5) is 62.4. The van der Waals surface area contributed by atoms with Crippen molar-refractivity contribution < 1.29 is 19.1 Å². The number of imidazole rings is 2. The standard InChI is InChI=1S/C46H54N8O4/c1-4-52(5-2)41(34-11-7-6-8-12-34)45(56)54-26-10-14-40(54)43-48-29-38(51-43)33-21-17-31(18-22-33)30-15-19-32(20-16-30)37-28-47-42(50-37)39-13-9-25-53(39)44(55)35-23-24-36(27-35)49-46(57)58-3/h6-8,11-12,15-22,28-29,35-36,39-41H,4-5,9-10,13-14,23-27H2,1-3H3,(H,47,50)(H,48,51)(H,49,57)/t35-,36+,39-,40-,41+/m0/s1. The quantitative estimate of drug-likeness (QED) is 0.116. The van der Waals surface area contributed by atoms with Gasteiger partial charge >= 0.3 is 6.09 Å². The van der Waals surface area contributed by atoms with E-state index < -0.39 is 6.09 Å². The van der Waals surface area contributed by atoms with Crippen LogP contribution in [0.15, 0.2) is 91.3 Å². The number of aromatic amines is 2. The molecule has 3 aliphatic rings. The maximum Gasteiger partial charge on any atom is 0.407 e. The highest BCUT2D eigenvalue weighted by Gasteiger charge is 2.40. The maximum atomic E-state index is 14.2. The number of hydrogen-bond donors (Lipinski definition) is 3. The van der Waals surface area contributed by atoms with Crippen molar-refractivity contribution in [2.24, 2.45) is 5.92 Å². The number of benzene rings is 3. The first-order valence-electron chi connectivity index (χ1n) is 20.9. The minimum absolute atomic E-state index is 0.0346. The third-order valence-electron chi connectivity index (χ3n) is 12.4. The summed E-state index contributed by atoms with van der Waals surface area (Å²) in [6.45, 7) is 7.25. The number of ether oxygens (including phenoxy) is 1. The SMILES string of the molecule is CCN(CC)[C@@H](C(=O)N1CCC[C@H]1c1ncc(-c2ccc(-c3ccc(-c4cnc([C@@H]5CCCN5C(=O)[C@H]5CC[C@@H](NC(=O)OC)C5)[nH]4)cc3)cc2)[nH]1)c1ccccc1. The smallest absolute Gasteiger partial charge is 0.407 e. The van der Waals surface area contributed by atoms with Gasteiger partial charge in [-0.1, -0.05) is 92.7 Å². The van der Waals surface area contributed by atoms with Crippen molar-refractivity contribution in [1.29, 1.82) is 0 Å². The number of hydrogen-bond acceptors (Lipinski definition) is 7. The first kappa shape index (κ1) is 39.1. The van der Waals surface area contributed by atoms with Crippen molar-refractivity contribution in [3.63, 3.8) is 0 Å². The van der Waals surface area contributed by atoms with E-state index in [1.807, 2.05) is 40.4 Å². The van der Waals surface area contributed by atoms with E-state index in [0.29, 0.717) is 13.0 Å². The molecule has 0 bridgehead atoms. The molecule has 302 valence electrons. The van der Waals surface area contributed by atoms with E-state index in [2.05, 4.69) is 94.7 Å². The van der Waals surface area contributed by atoms with Crippen LogP contribution in [0.2, 0.25) is 0 Å². The summed E-state index contributed by atoms with van der Waals surface area (Å²) in [5.41, 5.74) is 7.15. The predicted molar refractivity (Wildman–Crippen MR) is 223 cm³/mol. The highest BCUT2D eigenvalue weighted by molar-refractivity contribution is 5.84. The summed E-state index contributed by atoms with van der Waals surface area (Å²) in [7, 11) is 1.36. The fourth-order valence-corrected chi connectivity index (χ4v) is 9.31. The number of carbonyl (C=O) groups excluding carboxylic acids is 3. The average Bonchev–Trinajstić information content (AvgIpc) is 4.12. The van der Waals surface area contributed by atoms with Gasteiger partial charge in [-0.25, -0.2) is 14.8 Å². The number of aromatic nitrogens is 4. The summed E-state index contributed by atoms with van der Waals surface area (Å²) in [6, 6.07) is 26.5. The largest absolute Gasteiger partial charge is 0.453 e. The number of nitrogens with zero attached hydrogens (tertiary/aromatic N) is 5. The van der Waals surface area contributed by atoms with Gasteiger partial charge in [0.15, 0.2) is 0 Å². The van der Waals surface area contributed by atoms with Crippen LogP contribution < -0.4 is 5.32 Å². The Hall–Kier alpha value is -5.75. The zero-order chi connectivity index (χ0) is 40.2. The summed E-state index contributed by atoms with van der Waals surface area (Å²) in [5.74, 6) is 1.82. The van der Waals surface area contributed by atoms with Gasteiger partial charge in [0.25, 0.3) is 0 Å². The zero-order valence-corrected chi connectivity index (χ0v) is 33.7. The molecular weight excluding hydrogens is 729 g/mol. The minimum Gasteiger partial charge on any atom is -0.453 e. The molecule has 3 amide bonds. The van der Waals surface area contributed by atoms with Gasteiger partial charge in [0.05, 0.1) is 43.0 Å². The molecule has 5 atom stereocenters. The normalized spacial score (nSPS) is 21.1. The van der Waals surface area contributed by atoms with Crippen molar-refractivity contribution in [1.82, 2.24) is 40.0 Å². The lowest BCUT2D eigenvalue weighted by Crippen LogP contribution is -2.43. The monoisotopic (exact) mass is 782 g/mol. The van der Waals surface area contributed by atoms with Crippen LogP contribution in [0.3, 0.4) is 0 Å². The predicted octanol–water partition coefficient (Wildman–Crippen LogP) is 8.07. The van der Waals surface area contributed by atoms with Gasteiger partial charge in [-0.3, -0.25) is 14.5 Å². The van der Waals surface area contributed by atoms with E-state index >= 15 is 0 Å². The van der Waals surface area contributed by atoms with E-state index in [1.54, 1.807) is 0 Å².